The first kappa shape index (κ1) is 16.2. The molecule has 9 heteroatoms. The van der Waals surface area contributed by atoms with Gasteiger partial charge in [0.05, 0.1) is 5.56 Å². The first-order valence-corrected chi connectivity index (χ1v) is 7.66. The third kappa shape index (κ3) is 3.35. The van der Waals surface area contributed by atoms with Crippen LogP contribution >= 0.6 is 0 Å². The lowest BCUT2D eigenvalue weighted by molar-refractivity contribution is -0.137. The summed E-state index contributed by atoms with van der Waals surface area (Å²) in [6, 6.07) is 1.25. The number of benzene rings is 1. The van der Waals surface area contributed by atoms with Crippen molar-refractivity contribution in [3.8, 4) is 0 Å². The van der Waals surface area contributed by atoms with E-state index in [1.807, 2.05) is 0 Å². The summed E-state index contributed by atoms with van der Waals surface area (Å²) < 4.78 is 77.3. The van der Waals surface area contributed by atoms with Crippen molar-refractivity contribution in [3.63, 3.8) is 0 Å². The molecule has 2 rings (SSSR count). The Kier molecular flexibility index (Phi) is 4.27. The van der Waals surface area contributed by atoms with E-state index in [0.29, 0.717) is 24.7 Å². The number of sulfonamides is 1. The summed E-state index contributed by atoms with van der Waals surface area (Å²) >= 11 is 0. The molecule has 1 N–H and O–H groups in total. The summed E-state index contributed by atoms with van der Waals surface area (Å²) in [7, 11) is -4.29. The van der Waals surface area contributed by atoms with E-state index < -0.39 is 32.5 Å². The Morgan fingerprint density at radius 3 is 2.57 bits per heavy atom. The molecule has 21 heavy (non-hydrogen) atoms. The number of piperazine rings is 1. The van der Waals surface area contributed by atoms with Gasteiger partial charge in [-0.1, -0.05) is 0 Å². The molecule has 0 bridgehead atoms. The molecule has 0 aliphatic carbocycles. The molecular formula is C12H14F4N2O2S. The minimum absolute atomic E-state index is 0.0814. The molecule has 1 saturated heterocycles. The first-order chi connectivity index (χ1) is 9.62. The van der Waals surface area contributed by atoms with Crippen LogP contribution in [0.1, 0.15) is 12.5 Å². The van der Waals surface area contributed by atoms with Gasteiger partial charge < -0.3 is 5.32 Å². The van der Waals surface area contributed by atoms with Crippen molar-refractivity contribution in [2.24, 2.45) is 0 Å². The summed E-state index contributed by atoms with van der Waals surface area (Å²) in [6.07, 6.45) is -4.73. The molecule has 0 spiro atoms. The Balaban J connectivity index is 2.44. The number of halogens is 4. The topological polar surface area (TPSA) is 49.4 Å². The highest BCUT2D eigenvalue weighted by atomic mass is 32.2. The molecule has 1 unspecified atom stereocenters. The molecular weight excluding hydrogens is 312 g/mol. The summed E-state index contributed by atoms with van der Waals surface area (Å²) in [5.41, 5.74) is -1.19. The quantitative estimate of drug-likeness (QED) is 0.844. The summed E-state index contributed by atoms with van der Waals surface area (Å²) in [6.45, 7) is 2.27. The number of nitrogens with zero attached hydrogens (tertiary/aromatic N) is 1. The molecule has 1 aliphatic heterocycles. The molecule has 1 aromatic carbocycles. The van der Waals surface area contributed by atoms with E-state index in [-0.39, 0.29) is 19.1 Å². The van der Waals surface area contributed by atoms with E-state index in [1.54, 1.807) is 6.92 Å². The van der Waals surface area contributed by atoms with Crippen LogP contribution in [0.25, 0.3) is 0 Å². The summed E-state index contributed by atoms with van der Waals surface area (Å²) in [4.78, 5) is -0.938. The van der Waals surface area contributed by atoms with Gasteiger partial charge in [0, 0.05) is 25.7 Å². The molecule has 0 amide bonds. The first-order valence-electron chi connectivity index (χ1n) is 6.22. The predicted molar refractivity (Wildman–Crippen MR) is 67.6 cm³/mol. The highest BCUT2D eigenvalue weighted by molar-refractivity contribution is 7.89. The van der Waals surface area contributed by atoms with Gasteiger partial charge in [-0.25, -0.2) is 12.8 Å². The summed E-state index contributed by atoms with van der Waals surface area (Å²) in [5.74, 6) is -1.19. The molecule has 4 nitrogen and oxygen atoms in total. The third-order valence-electron chi connectivity index (χ3n) is 3.21. The lowest BCUT2D eigenvalue weighted by Gasteiger charge is -2.31. The van der Waals surface area contributed by atoms with Crippen molar-refractivity contribution in [2.75, 3.05) is 19.6 Å². The van der Waals surface area contributed by atoms with E-state index in [4.69, 9.17) is 0 Å². The molecule has 1 aromatic rings. The van der Waals surface area contributed by atoms with E-state index >= 15 is 0 Å². The fraction of sp³-hybridized carbons (Fsp3) is 0.500. The van der Waals surface area contributed by atoms with Crippen molar-refractivity contribution in [2.45, 2.75) is 24.0 Å². The Bertz CT molecular complexity index is 631. The molecule has 0 saturated carbocycles. The SMILES string of the molecule is CC1CN(S(=O)(=O)c2cc(C(F)(F)F)ccc2F)CCN1. The van der Waals surface area contributed by atoms with Crippen molar-refractivity contribution in [3.05, 3.63) is 29.6 Å². The maximum Gasteiger partial charge on any atom is 0.416 e. The van der Waals surface area contributed by atoms with Gasteiger partial charge in [-0.3, -0.25) is 0 Å². The second-order valence-electron chi connectivity index (χ2n) is 4.86. The molecule has 0 radical (unpaired) electrons. The monoisotopic (exact) mass is 326 g/mol. The van der Waals surface area contributed by atoms with Crippen LogP contribution in [0.5, 0.6) is 0 Å². The number of hydrogen-bond donors (Lipinski definition) is 1. The Morgan fingerprint density at radius 1 is 1.33 bits per heavy atom. The fourth-order valence-corrected chi connectivity index (χ4v) is 3.75. The normalized spacial score (nSPS) is 21.5. The zero-order chi connectivity index (χ0) is 15.8. The summed E-state index contributed by atoms with van der Waals surface area (Å²) in [5, 5.41) is 3.01. The van der Waals surface area contributed by atoms with Crippen LogP contribution in [0.3, 0.4) is 0 Å². The zero-order valence-corrected chi connectivity index (χ0v) is 11.9. The predicted octanol–water partition coefficient (Wildman–Crippen LogP) is 1.83. The van der Waals surface area contributed by atoms with Gasteiger partial charge in [-0.05, 0) is 25.1 Å². The lowest BCUT2D eigenvalue weighted by Crippen LogP contribution is -2.51. The molecule has 1 aliphatic rings. The van der Waals surface area contributed by atoms with Gasteiger partial charge in [-0.2, -0.15) is 17.5 Å². The number of rotatable bonds is 2. The van der Waals surface area contributed by atoms with Gasteiger partial charge in [-0.15, -0.1) is 0 Å². The minimum Gasteiger partial charge on any atom is -0.312 e. The van der Waals surface area contributed by atoms with Crippen molar-refractivity contribution in [1.82, 2.24) is 9.62 Å². The van der Waals surface area contributed by atoms with Crippen molar-refractivity contribution < 1.29 is 26.0 Å². The highest BCUT2D eigenvalue weighted by Crippen LogP contribution is 2.32. The maximum absolute atomic E-state index is 13.7. The molecule has 0 aromatic heterocycles. The number of alkyl halides is 3. The van der Waals surface area contributed by atoms with Gasteiger partial charge >= 0.3 is 6.18 Å². The van der Waals surface area contributed by atoms with Gasteiger partial charge in [0.2, 0.25) is 10.0 Å². The molecule has 1 atom stereocenters. The number of hydrogen-bond acceptors (Lipinski definition) is 3. The second-order valence-corrected chi connectivity index (χ2v) is 6.77. The van der Waals surface area contributed by atoms with Crippen LogP contribution < -0.4 is 5.32 Å². The van der Waals surface area contributed by atoms with E-state index in [2.05, 4.69) is 5.32 Å². The van der Waals surface area contributed by atoms with Crippen molar-refractivity contribution >= 4 is 10.0 Å². The van der Waals surface area contributed by atoms with E-state index in [0.717, 1.165) is 4.31 Å². The van der Waals surface area contributed by atoms with Crippen LogP contribution in [0.2, 0.25) is 0 Å². The van der Waals surface area contributed by atoms with E-state index in [1.165, 1.54) is 0 Å². The zero-order valence-electron chi connectivity index (χ0n) is 11.1. The van der Waals surface area contributed by atoms with Crippen LogP contribution in [-0.4, -0.2) is 38.4 Å². The average Bonchev–Trinajstić information content (AvgIpc) is 2.37. The molecule has 1 fully saturated rings. The van der Waals surface area contributed by atoms with Crippen molar-refractivity contribution in [1.29, 1.82) is 0 Å². The van der Waals surface area contributed by atoms with E-state index in [9.17, 15) is 26.0 Å². The second kappa shape index (κ2) is 5.54. The largest absolute Gasteiger partial charge is 0.416 e. The smallest absolute Gasteiger partial charge is 0.312 e. The number of nitrogens with one attached hydrogen (secondary N) is 1. The Hall–Kier alpha value is -1.19. The standard InChI is InChI=1S/C12H14F4N2O2S/c1-8-7-18(5-4-17-8)21(19,20)11-6-9(12(14,15)16)2-3-10(11)13/h2-3,6,8,17H,4-5,7H2,1H3. The average molecular weight is 326 g/mol. The fourth-order valence-electron chi connectivity index (χ4n) is 2.13. The van der Waals surface area contributed by atoms with Crippen LogP contribution in [0.4, 0.5) is 17.6 Å². The van der Waals surface area contributed by atoms with Gasteiger partial charge in [0.15, 0.2) is 0 Å². The molecule has 1 heterocycles. The molecule has 118 valence electrons. The maximum atomic E-state index is 13.7. The third-order valence-corrected chi connectivity index (χ3v) is 5.09. The van der Waals surface area contributed by atoms with Crippen LogP contribution in [0.15, 0.2) is 23.1 Å². The van der Waals surface area contributed by atoms with Gasteiger partial charge in [0.25, 0.3) is 0 Å². The lowest BCUT2D eigenvalue weighted by atomic mass is 10.2. The highest BCUT2D eigenvalue weighted by Gasteiger charge is 2.35. The van der Waals surface area contributed by atoms with Gasteiger partial charge in [0.1, 0.15) is 10.7 Å². The van der Waals surface area contributed by atoms with Crippen LogP contribution in [0, 0.1) is 5.82 Å². The minimum atomic E-state index is -4.73. The Labute approximate surface area is 119 Å². The van der Waals surface area contributed by atoms with Crippen LogP contribution in [-0.2, 0) is 16.2 Å². The Morgan fingerprint density at radius 2 is 2.00 bits per heavy atom.